The van der Waals surface area contributed by atoms with Gasteiger partial charge in [-0.15, -0.1) is 11.3 Å². The molecule has 2 saturated heterocycles. The molecule has 20 heteroatoms. The van der Waals surface area contributed by atoms with Crippen LogP contribution in [0.2, 0.25) is 5.02 Å². The van der Waals surface area contributed by atoms with Gasteiger partial charge in [0.2, 0.25) is 5.91 Å². The van der Waals surface area contributed by atoms with Crippen molar-refractivity contribution in [3.05, 3.63) is 44.9 Å². The van der Waals surface area contributed by atoms with E-state index in [-0.39, 0.29) is 61.5 Å². The molecule has 0 radical (unpaired) electrons. The van der Waals surface area contributed by atoms with Crippen molar-refractivity contribution >= 4 is 72.0 Å². The number of sulfonamides is 1. The summed E-state index contributed by atoms with van der Waals surface area (Å²) in [6.07, 6.45) is -1.01. The summed E-state index contributed by atoms with van der Waals surface area (Å²) in [6, 6.07) is 5.71. The van der Waals surface area contributed by atoms with Gasteiger partial charge in [-0.3, -0.25) is 9.59 Å². The number of aromatic nitrogens is 2. The molecule has 0 bridgehead atoms. The quantitative estimate of drug-likeness (QED) is 0.360. The fourth-order valence-electron chi connectivity index (χ4n) is 6.05. The standard InChI is InChI=1S/C30H38ClN7O9S3/c1-30(2,3)47-29(41)34-50(44,45)37-7-6-23-24(18-37)48-27(33-23)28(40)38-9-8-36(17-21(38)16-26(39)35-10-12-46-13-11-35)49(42,43)25-15-19-14-20(31)4-5-22(19)32-25/h4-5,14-15,21,32H,6-13,16-18H2,1-3H3,(H,34,41). The molecule has 1 aromatic carbocycles. The molecule has 16 nitrogen and oxygen atoms in total. The van der Waals surface area contributed by atoms with E-state index in [1.165, 1.54) is 15.3 Å². The van der Waals surface area contributed by atoms with E-state index < -0.39 is 43.9 Å². The molecule has 0 saturated carbocycles. The second kappa shape index (κ2) is 14.0. The van der Waals surface area contributed by atoms with E-state index in [1.54, 1.807) is 43.9 Å². The number of amides is 3. The van der Waals surface area contributed by atoms with E-state index in [1.807, 2.05) is 4.72 Å². The second-order valence-corrected chi connectivity index (χ2v) is 18.3. The molecule has 1 unspecified atom stereocenters. The Morgan fingerprint density at radius 2 is 1.80 bits per heavy atom. The summed E-state index contributed by atoms with van der Waals surface area (Å²) >= 11 is 7.14. The number of nitrogens with zero attached hydrogens (tertiary/aromatic N) is 5. The van der Waals surface area contributed by atoms with Crippen LogP contribution in [0.5, 0.6) is 0 Å². The molecular weight excluding hydrogens is 734 g/mol. The summed E-state index contributed by atoms with van der Waals surface area (Å²) in [6.45, 7) is 6.14. The van der Waals surface area contributed by atoms with E-state index >= 15 is 0 Å². The van der Waals surface area contributed by atoms with E-state index in [0.29, 0.717) is 52.8 Å². The molecule has 5 heterocycles. The number of hydrogen-bond acceptors (Lipinski definition) is 11. The minimum Gasteiger partial charge on any atom is -0.443 e. The summed E-state index contributed by atoms with van der Waals surface area (Å²) in [5, 5.41) is 1.16. The summed E-state index contributed by atoms with van der Waals surface area (Å²) < 4.78 is 68.3. The van der Waals surface area contributed by atoms with Crippen LogP contribution in [0.4, 0.5) is 4.79 Å². The number of aromatic amines is 1. The Hall–Kier alpha value is -3.33. The first-order chi connectivity index (χ1) is 23.5. The normalized spacial score (nSPS) is 19.7. The highest BCUT2D eigenvalue weighted by atomic mass is 35.5. The van der Waals surface area contributed by atoms with Gasteiger partial charge in [-0.1, -0.05) is 11.6 Å². The lowest BCUT2D eigenvalue weighted by molar-refractivity contribution is -0.136. The molecule has 50 heavy (non-hydrogen) atoms. The lowest BCUT2D eigenvalue weighted by atomic mass is 10.1. The number of morpholine rings is 1. The van der Waals surface area contributed by atoms with Gasteiger partial charge in [0.25, 0.3) is 15.9 Å². The molecule has 0 aliphatic carbocycles. The van der Waals surface area contributed by atoms with Gasteiger partial charge >= 0.3 is 16.3 Å². The topological polar surface area (TPSA) is 192 Å². The number of ether oxygens (including phenoxy) is 2. The third-order valence-corrected chi connectivity index (χ3v) is 13.0. The Labute approximate surface area is 298 Å². The minimum absolute atomic E-state index is 0.00423. The van der Waals surface area contributed by atoms with Gasteiger partial charge in [-0.05, 0) is 45.0 Å². The highest BCUT2D eigenvalue weighted by molar-refractivity contribution is 7.89. The van der Waals surface area contributed by atoms with Crippen molar-refractivity contribution in [3.63, 3.8) is 0 Å². The third-order valence-electron chi connectivity index (χ3n) is 8.49. The molecule has 2 N–H and O–H groups in total. The zero-order chi connectivity index (χ0) is 36.0. The van der Waals surface area contributed by atoms with Crippen LogP contribution in [0.3, 0.4) is 0 Å². The summed E-state index contributed by atoms with van der Waals surface area (Å²) in [4.78, 5) is 50.8. The van der Waals surface area contributed by atoms with Crippen molar-refractivity contribution in [2.45, 2.75) is 56.8 Å². The molecule has 2 fully saturated rings. The average molecular weight is 772 g/mol. The Bertz CT molecular complexity index is 2020. The monoisotopic (exact) mass is 771 g/mol. The lowest BCUT2D eigenvalue weighted by Gasteiger charge is -2.41. The van der Waals surface area contributed by atoms with Crippen molar-refractivity contribution in [3.8, 4) is 0 Å². The largest absolute Gasteiger partial charge is 0.443 e. The van der Waals surface area contributed by atoms with E-state index in [2.05, 4.69) is 9.97 Å². The van der Waals surface area contributed by atoms with E-state index in [9.17, 15) is 31.2 Å². The van der Waals surface area contributed by atoms with Crippen molar-refractivity contribution in [2.24, 2.45) is 0 Å². The average Bonchev–Trinajstić information content (AvgIpc) is 3.68. The molecule has 0 spiro atoms. The van der Waals surface area contributed by atoms with Gasteiger partial charge < -0.3 is 24.3 Å². The van der Waals surface area contributed by atoms with Crippen LogP contribution < -0.4 is 4.72 Å². The van der Waals surface area contributed by atoms with Gasteiger partial charge in [0.1, 0.15) is 10.6 Å². The zero-order valence-corrected chi connectivity index (χ0v) is 30.9. The molecule has 1 atom stereocenters. The number of thiazole rings is 1. The predicted molar refractivity (Wildman–Crippen MR) is 183 cm³/mol. The summed E-state index contributed by atoms with van der Waals surface area (Å²) in [5.74, 6) is -0.713. The van der Waals surface area contributed by atoms with Crippen molar-refractivity contribution in [1.82, 2.24) is 33.1 Å². The number of hydrogen-bond donors (Lipinski definition) is 2. The van der Waals surface area contributed by atoms with Gasteiger partial charge in [0.15, 0.2) is 5.01 Å². The van der Waals surface area contributed by atoms with Crippen LogP contribution >= 0.6 is 22.9 Å². The van der Waals surface area contributed by atoms with Crippen molar-refractivity contribution in [1.29, 1.82) is 0 Å². The molecular formula is C30H38ClN7O9S3. The first kappa shape index (κ1) is 36.5. The van der Waals surface area contributed by atoms with Crippen LogP contribution in [0.15, 0.2) is 29.3 Å². The lowest BCUT2D eigenvalue weighted by Crippen LogP contribution is -2.58. The Kier molecular flexibility index (Phi) is 10.2. The van der Waals surface area contributed by atoms with Gasteiger partial charge in [-0.2, -0.15) is 17.0 Å². The second-order valence-electron chi connectivity index (χ2n) is 13.2. The molecule has 3 aromatic rings. The Balaban J connectivity index is 1.21. The first-order valence-electron chi connectivity index (χ1n) is 15.9. The maximum absolute atomic E-state index is 14.1. The van der Waals surface area contributed by atoms with E-state index in [0.717, 1.165) is 15.6 Å². The number of nitrogens with one attached hydrogen (secondary N) is 2. The maximum atomic E-state index is 14.1. The van der Waals surface area contributed by atoms with Gasteiger partial charge in [0, 0.05) is 72.9 Å². The SMILES string of the molecule is CC(C)(C)OC(=O)NS(=O)(=O)N1CCc2nc(C(=O)N3CCN(S(=O)(=O)c4cc5cc(Cl)ccc5[nH]4)CC3CC(=O)N3CCOCC3)sc2C1. The molecule has 3 aliphatic heterocycles. The summed E-state index contributed by atoms with van der Waals surface area (Å²) in [5.41, 5.74) is 0.261. The fourth-order valence-corrected chi connectivity index (χ4v) is 9.88. The molecule has 272 valence electrons. The van der Waals surface area contributed by atoms with Crippen LogP contribution in [0.1, 0.15) is 47.6 Å². The molecule has 6 rings (SSSR count). The highest BCUT2D eigenvalue weighted by Crippen LogP contribution is 2.30. The van der Waals surface area contributed by atoms with Gasteiger partial charge in [-0.25, -0.2) is 22.9 Å². The Morgan fingerprint density at radius 1 is 1.06 bits per heavy atom. The number of halogens is 1. The first-order valence-corrected chi connectivity index (χ1v) is 20.0. The van der Waals surface area contributed by atoms with Crippen LogP contribution in [0.25, 0.3) is 10.9 Å². The maximum Gasteiger partial charge on any atom is 0.422 e. The molecule has 2 aromatic heterocycles. The van der Waals surface area contributed by atoms with Crippen LogP contribution in [-0.2, 0) is 47.5 Å². The van der Waals surface area contributed by atoms with Crippen molar-refractivity contribution < 1.29 is 40.7 Å². The fraction of sp³-hybridized carbons (Fsp3) is 0.533. The molecule has 3 aliphatic rings. The number of rotatable bonds is 7. The predicted octanol–water partition coefficient (Wildman–Crippen LogP) is 2.17. The number of benzene rings is 1. The summed E-state index contributed by atoms with van der Waals surface area (Å²) in [7, 11) is -8.29. The van der Waals surface area contributed by atoms with Crippen LogP contribution in [-0.4, -0.2) is 127 Å². The van der Waals surface area contributed by atoms with Crippen molar-refractivity contribution in [2.75, 3.05) is 52.5 Å². The zero-order valence-electron chi connectivity index (χ0n) is 27.7. The Morgan fingerprint density at radius 3 is 2.52 bits per heavy atom. The van der Waals surface area contributed by atoms with Crippen LogP contribution in [0, 0.1) is 0 Å². The third kappa shape index (κ3) is 7.93. The van der Waals surface area contributed by atoms with Gasteiger partial charge in [0.05, 0.1) is 31.5 Å². The minimum atomic E-state index is -4.25. The number of carbonyl (C=O) groups is 3. The van der Waals surface area contributed by atoms with E-state index in [4.69, 9.17) is 21.1 Å². The number of piperazine rings is 1. The number of carbonyl (C=O) groups excluding carboxylic acids is 3. The number of H-pyrrole nitrogens is 1. The number of fused-ring (bicyclic) bond motifs is 2. The smallest absolute Gasteiger partial charge is 0.422 e. The highest BCUT2D eigenvalue weighted by Gasteiger charge is 2.40. The molecule has 3 amide bonds.